The smallest absolute Gasteiger partial charge is 0.233 e. The van der Waals surface area contributed by atoms with Gasteiger partial charge in [0.1, 0.15) is 5.69 Å². The highest BCUT2D eigenvalue weighted by Crippen LogP contribution is 2.36. The molecule has 3 rings (SSSR count). The number of nitrogens with one attached hydrogen (secondary N) is 1. The van der Waals surface area contributed by atoms with Crippen molar-refractivity contribution in [3.05, 3.63) is 51.8 Å². The van der Waals surface area contributed by atoms with Gasteiger partial charge in [-0.1, -0.05) is 43.4 Å². The van der Waals surface area contributed by atoms with E-state index in [0.717, 1.165) is 31.9 Å². The summed E-state index contributed by atoms with van der Waals surface area (Å²) in [7, 11) is -3.49. The minimum absolute atomic E-state index is 0.0141. The highest BCUT2D eigenvalue weighted by atomic mass is 35.5. The number of nitroso groups, excluding NO2 is 1. The van der Waals surface area contributed by atoms with Crippen molar-refractivity contribution in [2.75, 3.05) is 11.6 Å². The molecule has 11 heteroatoms. The molecular weight excluding hydrogens is 454 g/mol. The van der Waals surface area contributed by atoms with E-state index in [1.165, 1.54) is 24.5 Å². The minimum atomic E-state index is -3.49. The zero-order valence-corrected chi connectivity index (χ0v) is 18.9. The zero-order chi connectivity index (χ0) is 23.3. The number of aromatic nitrogens is 2. The number of anilines is 1. The normalized spacial score (nSPS) is 16.2. The fourth-order valence-corrected chi connectivity index (χ4v) is 5.25. The zero-order valence-electron chi connectivity index (χ0n) is 17.4. The molecule has 0 bridgehead atoms. The average Bonchev–Trinajstić information content (AvgIpc) is 3.26. The topological polar surface area (TPSA) is 142 Å². The highest BCUT2D eigenvalue weighted by Gasteiger charge is 2.28. The molecule has 0 spiro atoms. The van der Waals surface area contributed by atoms with Gasteiger partial charge in [-0.25, -0.2) is 13.4 Å². The molecule has 9 nitrogen and oxygen atoms in total. The van der Waals surface area contributed by atoms with Gasteiger partial charge in [-0.15, -0.1) is 4.91 Å². The van der Waals surface area contributed by atoms with Crippen LogP contribution in [0, 0.1) is 22.2 Å². The summed E-state index contributed by atoms with van der Waals surface area (Å²) in [5.41, 5.74) is 0.706. The van der Waals surface area contributed by atoms with Gasteiger partial charge in [0, 0.05) is 6.26 Å². The monoisotopic (exact) mass is 475 g/mol. The third-order valence-electron chi connectivity index (χ3n) is 5.55. The number of sulfone groups is 1. The second-order valence-corrected chi connectivity index (χ2v) is 10.2. The maximum atomic E-state index is 13.2. The van der Waals surface area contributed by atoms with Crippen LogP contribution >= 0.6 is 11.6 Å². The van der Waals surface area contributed by atoms with Crippen LogP contribution in [0.4, 0.5) is 5.82 Å². The number of hydrogen-bond donors (Lipinski definition) is 1. The number of carbonyl (C=O) groups is 1. The number of carbonyl (C=O) groups excluding carboxylic acids is 1. The molecule has 1 aromatic heterocycles. The van der Waals surface area contributed by atoms with Gasteiger partial charge < -0.3 is 5.32 Å². The SMILES string of the molecule is CS(=O)(=O)c1ccc(C(CC2CCCC2)C(=O)Nc2cnc(C(C#N)N=O)cn2)cc1Cl. The lowest BCUT2D eigenvalue weighted by Gasteiger charge is -2.21. The summed E-state index contributed by atoms with van der Waals surface area (Å²) in [4.78, 5) is 31.9. The van der Waals surface area contributed by atoms with E-state index in [1.807, 2.05) is 0 Å². The lowest BCUT2D eigenvalue weighted by Crippen LogP contribution is -2.24. The average molecular weight is 476 g/mol. The summed E-state index contributed by atoms with van der Waals surface area (Å²) in [5.74, 6) is -0.346. The first-order valence-electron chi connectivity index (χ1n) is 10.1. The highest BCUT2D eigenvalue weighted by molar-refractivity contribution is 7.90. The molecule has 1 fully saturated rings. The number of benzene rings is 1. The van der Waals surface area contributed by atoms with Crippen molar-refractivity contribution in [3.63, 3.8) is 0 Å². The lowest BCUT2D eigenvalue weighted by molar-refractivity contribution is -0.118. The summed E-state index contributed by atoms with van der Waals surface area (Å²) in [6, 6.07) is 5.00. The molecule has 0 saturated heterocycles. The van der Waals surface area contributed by atoms with E-state index < -0.39 is 21.8 Å². The van der Waals surface area contributed by atoms with Crippen molar-refractivity contribution in [1.29, 1.82) is 5.26 Å². The second kappa shape index (κ2) is 10.1. The molecule has 1 saturated carbocycles. The van der Waals surface area contributed by atoms with Crippen LogP contribution in [0.15, 0.2) is 40.7 Å². The Morgan fingerprint density at radius 2 is 2.03 bits per heavy atom. The molecule has 2 unspecified atom stereocenters. The standard InChI is InChI=1S/C21H22ClN5O4S/c1-32(30,31)19-7-6-14(9-16(19)22)15(8-13-4-2-3-5-13)21(28)26-20-12-24-18(11-25-20)17(10-23)27-29/h6-7,9,11-13,15,17H,2-5,8H2,1H3,(H,25,26,28). The Morgan fingerprint density at radius 1 is 1.31 bits per heavy atom. The summed E-state index contributed by atoms with van der Waals surface area (Å²) in [6.07, 6.45) is 8.44. The van der Waals surface area contributed by atoms with Crippen molar-refractivity contribution in [3.8, 4) is 6.07 Å². The third-order valence-corrected chi connectivity index (χ3v) is 7.13. The Hall–Kier alpha value is -2.90. The van der Waals surface area contributed by atoms with Crippen molar-refractivity contribution in [2.24, 2.45) is 11.1 Å². The Morgan fingerprint density at radius 3 is 2.56 bits per heavy atom. The number of amides is 1. The molecule has 1 heterocycles. The maximum Gasteiger partial charge on any atom is 0.233 e. The van der Waals surface area contributed by atoms with Crippen LogP contribution in [0.3, 0.4) is 0 Å². The van der Waals surface area contributed by atoms with Gasteiger partial charge in [-0.3, -0.25) is 9.78 Å². The van der Waals surface area contributed by atoms with Gasteiger partial charge in [0.05, 0.1) is 34.3 Å². The van der Waals surface area contributed by atoms with Crippen LogP contribution in [-0.2, 0) is 14.6 Å². The third kappa shape index (κ3) is 5.66. The summed E-state index contributed by atoms with van der Waals surface area (Å²) < 4.78 is 23.8. The van der Waals surface area contributed by atoms with Crippen LogP contribution in [0.5, 0.6) is 0 Å². The number of hydrogen-bond acceptors (Lipinski definition) is 8. The van der Waals surface area contributed by atoms with Gasteiger partial charge in [0.25, 0.3) is 0 Å². The molecule has 0 radical (unpaired) electrons. The molecule has 168 valence electrons. The van der Waals surface area contributed by atoms with Crippen LogP contribution in [0.2, 0.25) is 5.02 Å². The largest absolute Gasteiger partial charge is 0.309 e. The Balaban J connectivity index is 1.85. The molecule has 1 aliphatic carbocycles. The number of nitrogens with zero attached hydrogens (tertiary/aromatic N) is 4. The van der Waals surface area contributed by atoms with Crippen LogP contribution in [-0.4, -0.2) is 30.5 Å². The Labute approximate surface area is 191 Å². The molecule has 1 aromatic carbocycles. The Kier molecular flexibility index (Phi) is 7.53. The van der Waals surface area contributed by atoms with Crippen LogP contribution in [0.25, 0.3) is 0 Å². The van der Waals surface area contributed by atoms with Gasteiger partial charge in [-0.05, 0) is 35.2 Å². The van der Waals surface area contributed by atoms with E-state index in [1.54, 1.807) is 12.1 Å². The van der Waals surface area contributed by atoms with E-state index in [-0.39, 0.29) is 27.3 Å². The molecule has 1 N–H and O–H groups in total. The molecule has 0 aliphatic heterocycles. The van der Waals surface area contributed by atoms with E-state index in [4.69, 9.17) is 16.9 Å². The fraction of sp³-hybridized carbons (Fsp3) is 0.429. The second-order valence-electron chi connectivity index (χ2n) is 7.85. The summed E-state index contributed by atoms with van der Waals surface area (Å²) in [6.45, 7) is 0. The molecule has 2 aromatic rings. The van der Waals surface area contributed by atoms with Crippen molar-refractivity contribution in [1.82, 2.24) is 9.97 Å². The van der Waals surface area contributed by atoms with E-state index in [2.05, 4.69) is 20.5 Å². The predicted octanol–water partition coefficient (Wildman–Crippen LogP) is 4.17. The van der Waals surface area contributed by atoms with E-state index in [9.17, 15) is 18.1 Å². The number of rotatable bonds is 8. The van der Waals surface area contributed by atoms with Crippen molar-refractivity contribution in [2.45, 2.75) is 49.0 Å². The molecule has 2 atom stereocenters. The van der Waals surface area contributed by atoms with Gasteiger partial charge in [0.15, 0.2) is 15.7 Å². The fourth-order valence-electron chi connectivity index (χ4n) is 3.91. The summed E-state index contributed by atoms with van der Waals surface area (Å²) in [5, 5.41) is 14.3. The van der Waals surface area contributed by atoms with E-state index in [0.29, 0.717) is 17.9 Å². The summed E-state index contributed by atoms with van der Waals surface area (Å²) >= 11 is 6.22. The molecule has 32 heavy (non-hydrogen) atoms. The lowest BCUT2D eigenvalue weighted by atomic mass is 9.87. The van der Waals surface area contributed by atoms with Crippen LogP contribution in [0.1, 0.15) is 55.3 Å². The quantitative estimate of drug-likeness (QED) is 0.564. The first-order valence-corrected chi connectivity index (χ1v) is 12.3. The molecule has 1 amide bonds. The van der Waals surface area contributed by atoms with E-state index >= 15 is 0 Å². The van der Waals surface area contributed by atoms with Gasteiger partial charge >= 0.3 is 0 Å². The van der Waals surface area contributed by atoms with Gasteiger partial charge in [0.2, 0.25) is 11.9 Å². The predicted molar refractivity (Wildman–Crippen MR) is 119 cm³/mol. The molecular formula is C21H22ClN5O4S. The van der Waals surface area contributed by atoms with Gasteiger partial charge in [-0.2, -0.15) is 5.26 Å². The first-order chi connectivity index (χ1) is 15.2. The van der Waals surface area contributed by atoms with Crippen molar-refractivity contribution >= 4 is 33.2 Å². The first kappa shape index (κ1) is 23.8. The van der Waals surface area contributed by atoms with Crippen LogP contribution < -0.4 is 5.32 Å². The Bertz CT molecular complexity index is 1140. The number of nitriles is 1. The number of halogens is 1. The van der Waals surface area contributed by atoms with Crippen molar-refractivity contribution < 1.29 is 13.2 Å². The molecule has 1 aliphatic rings. The minimum Gasteiger partial charge on any atom is -0.309 e. The maximum absolute atomic E-state index is 13.2.